The number of unbranched alkanes of at least 4 members (excludes halogenated alkanes) is 2. The molecule has 15 heteroatoms. The van der Waals surface area contributed by atoms with E-state index in [1.54, 1.807) is 20.4 Å². The van der Waals surface area contributed by atoms with E-state index >= 15 is 0 Å². The van der Waals surface area contributed by atoms with Crippen molar-refractivity contribution < 1.29 is 58.5 Å². The summed E-state index contributed by atoms with van der Waals surface area (Å²) in [6.07, 6.45) is 4.67. The number of halogens is 2. The second-order valence-corrected chi connectivity index (χ2v) is 9.57. The molecule has 0 fully saturated rings. The van der Waals surface area contributed by atoms with Crippen LogP contribution in [0.15, 0.2) is 6.20 Å². The van der Waals surface area contributed by atoms with E-state index in [0.717, 1.165) is 19.3 Å². The van der Waals surface area contributed by atoms with Crippen molar-refractivity contribution in [2.75, 3.05) is 60.5 Å². The monoisotopic (exact) mass is 726 g/mol. The van der Waals surface area contributed by atoms with Crippen molar-refractivity contribution in [2.24, 2.45) is 5.73 Å². The van der Waals surface area contributed by atoms with E-state index in [-0.39, 0.29) is 40.9 Å². The van der Waals surface area contributed by atoms with Crippen molar-refractivity contribution in [1.82, 2.24) is 20.3 Å². The molecular weight excluding hydrogens is 685 g/mol. The molecule has 0 aliphatic carbocycles. The molecule has 0 aliphatic rings. The maximum Gasteiger partial charge on any atom is 0.0706 e. The van der Waals surface area contributed by atoms with Crippen molar-refractivity contribution in [3.8, 4) is 0 Å². The zero-order chi connectivity index (χ0) is 26.4. The molecule has 1 rings (SSSR count). The molecule has 0 saturated carbocycles. The zero-order valence-electron chi connectivity index (χ0n) is 21.6. The maximum absolute atomic E-state index is 12.4. The van der Waals surface area contributed by atoms with Crippen LogP contribution in [0.4, 0.5) is 2.86 Å². The summed E-state index contributed by atoms with van der Waals surface area (Å²) in [6, 6.07) is -0.800. The fraction of sp³-hybridized carbons (Fsp3) is 0.818. The summed E-state index contributed by atoms with van der Waals surface area (Å²) in [7, 11) is 3.25. The topological polar surface area (TPSA) is 149 Å². The fourth-order valence-corrected chi connectivity index (χ4v) is 3.60. The predicted octanol–water partition coefficient (Wildman–Crippen LogP) is 0.995. The average molecular weight is 726 g/mol. The number of hydrogen-bond acceptors (Lipinski definition) is 10. The number of ether oxygens (including phenoxy) is 5. The molecule has 1 amide bonds. The van der Waals surface area contributed by atoms with Crippen LogP contribution in [0.3, 0.4) is 0 Å². The Hall–Kier alpha value is -0.560. The van der Waals surface area contributed by atoms with Crippen LogP contribution >= 0.6 is 21.8 Å². The van der Waals surface area contributed by atoms with Gasteiger partial charge in [0.2, 0.25) is 0 Å². The van der Waals surface area contributed by atoms with Gasteiger partial charge in [-0.1, -0.05) is 6.42 Å². The van der Waals surface area contributed by atoms with Crippen LogP contribution in [0.5, 0.6) is 0 Å². The van der Waals surface area contributed by atoms with Crippen LogP contribution in [0.25, 0.3) is 0 Å². The summed E-state index contributed by atoms with van der Waals surface area (Å²) in [5.74, 6) is -0.0644. The van der Waals surface area contributed by atoms with E-state index in [9.17, 15) is 12.4 Å². The fourth-order valence-electron chi connectivity index (χ4n) is 2.93. The van der Waals surface area contributed by atoms with E-state index in [4.69, 9.17) is 29.4 Å². The average Bonchev–Trinajstić information content (AvgIpc) is 3.34. The number of nitrogens with zero attached hydrogens (tertiary/aromatic N) is 3. The van der Waals surface area contributed by atoms with Gasteiger partial charge in [-0.25, -0.2) is 0 Å². The minimum Gasteiger partial charge on any atom is -0.382 e. The van der Waals surface area contributed by atoms with Crippen molar-refractivity contribution >= 4 is 31.5 Å². The number of carbonyl (C=O) groups is 2. The zero-order valence-corrected chi connectivity index (χ0v) is 26.2. The minimum atomic E-state index is -2.15. The van der Waals surface area contributed by atoms with Gasteiger partial charge in [0.25, 0.3) is 0 Å². The summed E-state index contributed by atoms with van der Waals surface area (Å²) in [6.45, 7) is 4.07. The molecule has 37 heavy (non-hydrogen) atoms. The number of aromatic nitrogens is 3. The van der Waals surface area contributed by atoms with Gasteiger partial charge in [0, 0.05) is 43.2 Å². The van der Waals surface area contributed by atoms with Crippen molar-refractivity contribution in [3.63, 3.8) is 0 Å². The summed E-state index contributed by atoms with van der Waals surface area (Å²) < 4.78 is 40.4. The first kappa shape index (κ1) is 36.4. The van der Waals surface area contributed by atoms with Gasteiger partial charge in [-0.05, 0) is 6.42 Å². The first-order valence-electron chi connectivity index (χ1n) is 12.0. The molecule has 1 aromatic heterocycles. The van der Waals surface area contributed by atoms with Crippen LogP contribution < -0.4 is 11.1 Å². The largest absolute Gasteiger partial charge is 0.382 e. The van der Waals surface area contributed by atoms with Crippen LogP contribution in [0.2, 0.25) is 0 Å². The van der Waals surface area contributed by atoms with Gasteiger partial charge < -0.3 is 23.7 Å². The molecule has 1 aromatic rings. The van der Waals surface area contributed by atoms with E-state index < -0.39 is 31.6 Å². The molecule has 0 spiro atoms. The third-order valence-corrected chi connectivity index (χ3v) is 6.27. The van der Waals surface area contributed by atoms with Gasteiger partial charge in [0.1, 0.15) is 6.10 Å². The molecule has 0 aromatic carbocycles. The second kappa shape index (κ2) is 24.5. The Bertz CT molecular complexity index is 723. The molecule has 12 nitrogen and oxygen atoms in total. The predicted molar refractivity (Wildman–Crippen MR) is 140 cm³/mol. The Labute approximate surface area is 244 Å². The van der Waals surface area contributed by atoms with Crippen LogP contribution in [-0.4, -0.2) is 97.3 Å². The molecule has 0 aliphatic heterocycles. The van der Waals surface area contributed by atoms with Crippen molar-refractivity contribution in [2.45, 2.75) is 57.3 Å². The Balaban J connectivity index is 0.0000130. The summed E-state index contributed by atoms with van der Waals surface area (Å²) in [4.78, 5) is 23.3. The third kappa shape index (κ3) is 19.2. The second-order valence-electron chi connectivity index (χ2n) is 7.98. The van der Waals surface area contributed by atoms with Gasteiger partial charge in [0.05, 0.1) is 39.6 Å². The molecule has 2 atom stereocenters. The molecule has 0 bridgehead atoms. The van der Waals surface area contributed by atoms with Crippen LogP contribution in [0, 0.1) is 0 Å². The smallest absolute Gasteiger partial charge is 0.0706 e. The van der Waals surface area contributed by atoms with Gasteiger partial charge >= 0.3 is 120 Å². The first-order chi connectivity index (χ1) is 17.5. The molecule has 3 N–H and O–H groups in total. The Morgan fingerprint density at radius 3 is 2.49 bits per heavy atom. The SMILES string of the molecule is COCCOCC(COCCCCCC(=O)NCc1cn(CCC(N)C(=O)[IH]F)nn1)OCCOC.[Nb]. The van der Waals surface area contributed by atoms with E-state index in [1.165, 1.54) is 4.68 Å². The maximum atomic E-state index is 12.4. The van der Waals surface area contributed by atoms with E-state index in [0.29, 0.717) is 71.3 Å². The molecule has 2 unspecified atom stereocenters. The summed E-state index contributed by atoms with van der Waals surface area (Å²) >= 11 is -2.15. The number of aryl methyl sites for hydroxylation is 1. The standard InChI is InChI=1S/C22H41FIN5O7.Nb/c1-32-10-12-35-17-19(36-13-11-33-2)16-34-9-5-3-4-6-21(30)26-14-18-15-29(28-27-18)8-7-20(25)22(31)24-23;/h15,19-20,24H,3-14,16-17,25H2,1-2H3,(H,26,30);. The number of nitrogens with one attached hydrogen (secondary N) is 1. The van der Waals surface area contributed by atoms with Gasteiger partial charge in [-0.3, -0.25) is 0 Å². The number of nitrogens with two attached hydrogens (primary N) is 1. The van der Waals surface area contributed by atoms with Gasteiger partial charge in [-0.2, -0.15) is 0 Å². The number of amides is 1. The van der Waals surface area contributed by atoms with E-state index in [1.807, 2.05) is 0 Å². The first-order valence-corrected chi connectivity index (χ1v) is 14.0. The Morgan fingerprint density at radius 1 is 1.08 bits per heavy atom. The minimum absolute atomic E-state index is 0. The molecular formula is C22H41FIN5NbO7. The number of methoxy groups -OCH3 is 2. The van der Waals surface area contributed by atoms with Gasteiger partial charge in [0.15, 0.2) is 0 Å². The van der Waals surface area contributed by atoms with Crippen LogP contribution in [0.1, 0.15) is 37.8 Å². The van der Waals surface area contributed by atoms with Crippen LogP contribution in [-0.2, 0) is 68.7 Å². The summed E-state index contributed by atoms with van der Waals surface area (Å²) in [5, 5.41) is 10.7. The third-order valence-electron chi connectivity index (χ3n) is 4.97. The normalized spacial score (nSPS) is 12.8. The Morgan fingerprint density at radius 2 is 1.78 bits per heavy atom. The molecule has 215 valence electrons. The number of hydrogen-bond donors (Lipinski definition) is 2. The molecule has 1 heterocycles. The number of rotatable bonds is 24. The molecule has 1 radical (unpaired) electrons. The van der Waals surface area contributed by atoms with Gasteiger partial charge in [-0.15, -0.1) is 0 Å². The molecule has 0 saturated heterocycles. The Kier molecular flexibility index (Phi) is 24.1. The quantitative estimate of drug-likeness (QED) is 0.0685. The number of carbonyl (C=O) groups excluding carboxylic acids is 2. The van der Waals surface area contributed by atoms with E-state index in [2.05, 4.69) is 15.6 Å². The summed E-state index contributed by atoms with van der Waals surface area (Å²) in [5.41, 5.74) is 6.23. The van der Waals surface area contributed by atoms with Crippen molar-refractivity contribution in [3.05, 3.63) is 11.9 Å². The van der Waals surface area contributed by atoms with Crippen molar-refractivity contribution in [1.29, 1.82) is 0 Å².